The highest BCUT2D eigenvalue weighted by atomic mass is 16.5. The molecule has 3 unspecified atom stereocenters. The highest BCUT2D eigenvalue weighted by Gasteiger charge is 2.24. The normalized spacial score (nSPS) is 25.2. The Bertz CT molecular complexity index is 353. The summed E-state index contributed by atoms with van der Waals surface area (Å²) >= 11 is 0. The molecule has 1 aliphatic rings. The van der Waals surface area contributed by atoms with Crippen molar-refractivity contribution in [1.29, 1.82) is 0 Å². The van der Waals surface area contributed by atoms with Gasteiger partial charge < -0.3 is 15.2 Å². The number of nitrogens with one attached hydrogen (secondary N) is 1. The van der Waals surface area contributed by atoms with Crippen LogP contribution in [0.5, 0.6) is 0 Å². The van der Waals surface area contributed by atoms with E-state index in [4.69, 9.17) is 4.74 Å². The first kappa shape index (κ1) is 14.5. The van der Waals surface area contributed by atoms with Crippen LogP contribution in [-0.2, 0) is 4.74 Å². The van der Waals surface area contributed by atoms with Crippen LogP contribution < -0.4 is 5.32 Å². The molecule has 0 radical (unpaired) electrons. The van der Waals surface area contributed by atoms with Crippen LogP contribution in [-0.4, -0.2) is 30.5 Å². The molecular formula is C16H25NO2. The van der Waals surface area contributed by atoms with Gasteiger partial charge in [0.25, 0.3) is 0 Å². The zero-order chi connectivity index (χ0) is 13.5. The Morgan fingerprint density at radius 2 is 2.16 bits per heavy atom. The number of ether oxygens (including phenoxy) is 1. The van der Waals surface area contributed by atoms with E-state index >= 15 is 0 Å². The lowest BCUT2D eigenvalue weighted by molar-refractivity contribution is -0.00636. The predicted octanol–water partition coefficient (Wildman–Crippen LogP) is 2.66. The van der Waals surface area contributed by atoms with Gasteiger partial charge in [0.15, 0.2) is 0 Å². The molecule has 1 aromatic rings. The Balaban J connectivity index is 1.91. The minimum absolute atomic E-state index is 0.0339. The lowest BCUT2D eigenvalue weighted by Crippen LogP contribution is -2.41. The molecule has 0 aliphatic carbocycles. The standard InChI is InChI=1S/C16H25NO2/c1-2-6-15-11-14(9-10-19-15)17-16(12-18)13-7-4-3-5-8-13/h3-5,7-8,14-18H,2,6,9-12H2,1H3. The predicted molar refractivity (Wildman–Crippen MR) is 77.1 cm³/mol. The number of rotatable bonds is 6. The number of aliphatic hydroxyl groups is 1. The molecule has 1 aromatic carbocycles. The van der Waals surface area contributed by atoms with Gasteiger partial charge in [0, 0.05) is 12.6 Å². The Labute approximate surface area is 116 Å². The maximum atomic E-state index is 9.59. The van der Waals surface area contributed by atoms with Crippen LogP contribution in [0.25, 0.3) is 0 Å². The average Bonchev–Trinajstić information content (AvgIpc) is 2.46. The fourth-order valence-electron chi connectivity index (χ4n) is 2.78. The van der Waals surface area contributed by atoms with Gasteiger partial charge in [-0.2, -0.15) is 0 Å². The minimum Gasteiger partial charge on any atom is -0.394 e. The van der Waals surface area contributed by atoms with Crippen LogP contribution in [0.4, 0.5) is 0 Å². The highest BCUT2D eigenvalue weighted by molar-refractivity contribution is 5.19. The smallest absolute Gasteiger partial charge is 0.0626 e. The first-order valence-electron chi connectivity index (χ1n) is 7.37. The van der Waals surface area contributed by atoms with E-state index in [1.165, 1.54) is 6.42 Å². The molecule has 1 heterocycles. The molecule has 1 saturated heterocycles. The first-order chi connectivity index (χ1) is 9.33. The molecule has 1 fully saturated rings. The summed E-state index contributed by atoms with van der Waals surface area (Å²) in [6, 6.07) is 10.7. The van der Waals surface area contributed by atoms with Gasteiger partial charge in [-0.3, -0.25) is 0 Å². The minimum atomic E-state index is 0.0339. The molecule has 106 valence electrons. The van der Waals surface area contributed by atoms with Crippen LogP contribution in [0.3, 0.4) is 0 Å². The monoisotopic (exact) mass is 263 g/mol. The van der Waals surface area contributed by atoms with Gasteiger partial charge in [-0.25, -0.2) is 0 Å². The van der Waals surface area contributed by atoms with Crippen molar-refractivity contribution in [3.8, 4) is 0 Å². The van der Waals surface area contributed by atoms with Crippen LogP contribution in [0.2, 0.25) is 0 Å². The number of benzene rings is 1. The van der Waals surface area contributed by atoms with Crippen molar-refractivity contribution in [1.82, 2.24) is 5.32 Å². The molecular weight excluding hydrogens is 238 g/mol. The lowest BCUT2D eigenvalue weighted by Gasteiger charge is -2.32. The second-order valence-corrected chi connectivity index (χ2v) is 5.32. The van der Waals surface area contributed by atoms with E-state index in [2.05, 4.69) is 24.4 Å². The Hall–Kier alpha value is -0.900. The fourth-order valence-corrected chi connectivity index (χ4v) is 2.78. The number of aliphatic hydroxyl groups excluding tert-OH is 1. The van der Waals surface area contributed by atoms with E-state index in [9.17, 15) is 5.11 Å². The van der Waals surface area contributed by atoms with Crippen molar-refractivity contribution < 1.29 is 9.84 Å². The lowest BCUT2D eigenvalue weighted by atomic mass is 9.98. The van der Waals surface area contributed by atoms with Crippen molar-refractivity contribution in [2.75, 3.05) is 13.2 Å². The summed E-state index contributed by atoms with van der Waals surface area (Å²) in [5.41, 5.74) is 1.16. The third-order valence-corrected chi connectivity index (χ3v) is 3.80. The summed E-state index contributed by atoms with van der Waals surface area (Å²) in [4.78, 5) is 0. The van der Waals surface area contributed by atoms with Gasteiger partial charge in [0.05, 0.1) is 18.8 Å². The van der Waals surface area contributed by atoms with E-state index < -0.39 is 0 Å². The second kappa shape index (κ2) is 7.63. The van der Waals surface area contributed by atoms with Gasteiger partial charge in [-0.05, 0) is 24.8 Å². The van der Waals surface area contributed by atoms with Crippen molar-refractivity contribution in [3.05, 3.63) is 35.9 Å². The molecule has 3 atom stereocenters. The fraction of sp³-hybridized carbons (Fsp3) is 0.625. The second-order valence-electron chi connectivity index (χ2n) is 5.32. The molecule has 2 N–H and O–H groups in total. The highest BCUT2D eigenvalue weighted by Crippen LogP contribution is 2.21. The molecule has 19 heavy (non-hydrogen) atoms. The molecule has 2 rings (SSSR count). The SMILES string of the molecule is CCCC1CC(NC(CO)c2ccccc2)CCO1. The van der Waals surface area contributed by atoms with Crippen LogP contribution in [0.15, 0.2) is 30.3 Å². The van der Waals surface area contributed by atoms with Gasteiger partial charge in [-0.1, -0.05) is 43.7 Å². The Kier molecular flexibility index (Phi) is 5.83. The third-order valence-electron chi connectivity index (χ3n) is 3.80. The van der Waals surface area contributed by atoms with Crippen molar-refractivity contribution in [2.45, 2.75) is 50.8 Å². The summed E-state index contributed by atoms with van der Waals surface area (Å²) in [7, 11) is 0. The van der Waals surface area contributed by atoms with Crippen LogP contribution in [0.1, 0.15) is 44.2 Å². The third kappa shape index (κ3) is 4.30. The molecule has 0 aromatic heterocycles. The van der Waals surface area contributed by atoms with Crippen LogP contribution in [0, 0.1) is 0 Å². The largest absolute Gasteiger partial charge is 0.394 e. The maximum absolute atomic E-state index is 9.59. The summed E-state index contributed by atoms with van der Waals surface area (Å²) in [5, 5.41) is 13.2. The first-order valence-corrected chi connectivity index (χ1v) is 7.37. The van der Waals surface area contributed by atoms with E-state index in [1.54, 1.807) is 0 Å². The average molecular weight is 263 g/mol. The Morgan fingerprint density at radius 1 is 1.37 bits per heavy atom. The van der Waals surface area contributed by atoms with Crippen molar-refractivity contribution in [3.63, 3.8) is 0 Å². The van der Waals surface area contributed by atoms with Crippen LogP contribution >= 0.6 is 0 Å². The summed E-state index contributed by atoms with van der Waals surface area (Å²) in [6.07, 6.45) is 4.76. The quantitative estimate of drug-likeness (QED) is 0.829. The van der Waals surface area contributed by atoms with Gasteiger partial charge >= 0.3 is 0 Å². The summed E-state index contributed by atoms with van der Waals surface area (Å²) < 4.78 is 5.77. The number of hydrogen-bond donors (Lipinski definition) is 2. The zero-order valence-electron chi connectivity index (χ0n) is 11.7. The van der Waals surface area contributed by atoms with E-state index in [0.29, 0.717) is 12.1 Å². The zero-order valence-corrected chi connectivity index (χ0v) is 11.7. The Morgan fingerprint density at radius 3 is 2.84 bits per heavy atom. The van der Waals surface area contributed by atoms with Crippen molar-refractivity contribution >= 4 is 0 Å². The molecule has 0 saturated carbocycles. The molecule has 3 heteroatoms. The van der Waals surface area contributed by atoms with Crippen molar-refractivity contribution in [2.24, 2.45) is 0 Å². The number of hydrogen-bond acceptors (Lipinski definition) is 3. The summed E-state index contributed by atoms with van der Waals surface area (Å²) in [5.74, 6) is 0. The maximum Gasteiger partial charge on any atom is 0.0626 e. The topological polar surface area (TPSA) is 41.5 Å². The molecule has 3 nitrogen and oxygen atoms in total. The molecule has 0 bridgehead atoms. The molecule has 1 aliphatic heterocycles. The van der Waals surface area contributed by atoms with E-state index in [-0.39, 0.29) is 12.6 Å². The van der Waals surface area contributed by atoms with Gasteiger partial charge in [0.2, 0.25) is 0 Å². The van der Waals surface area contributed by atoms with Gasteiger partial charge in [0.1, 0.15) is 0 Å². The van der Waals surface area contributed by atoms with E-state index in [0.717, 1.165) is 31.4 Å². The molecule has 0 amide bonds. The summed E-state index contributed by atoms with van der Waals surface area (Å²) in [6.45, 7) is 3.16. The molecule has 0 spiro atoms. The van der Waals surface area contributed by atoms with Gasteiger partial charge in [-0.15, -0.1) is 0 Å². The van der Waals surface area contributed by atoms with E-state index in [1.807, 2.05) is 18.2 Å².